The van der Waals surface area contributed by atoms with Crippen LogP contribution in [-0.2, 0) is 13.0 Å². The van der Waals surface area contributed by atoms with Crippen molar-refractivity contribution in [1.82, 2.24) is 5.32 Å². The molecular formula is C22H22ClNOS. The summed E-state index contributed by atoms with van der Waals surface area (Å²) in [5.41, 5.74) is 2.45. The summed E-state index contributed by atoms with van der Waals surface area (Å²) >= 11 is 7.70. The summed E-state index contributed by atoms with van der Waals surface area (Å²) in [5, 5.41) is 13.9. The monoisotopic (exact) mass is 383 g/mol. The van der Waals surface area contributed by atoms with E-state index in [2.05, 4.69) is 35.6 Å². The Hall–Kier alpha value is -1.78. The molecule has 1 atom stereocenters. The highest BCUT2D eigenvalue weighted by molar-refractivity contribution is 7.99. The van der Waals surface area contributed by atoms with Crippen LogP contribution in [0.2, 0.25) is 5.02 Å². The highest BCUT2D eigenvalue weighted by atomic mass is 35.5. The van der Waals surface area contributed by atoms with E-state index in [1.807, 2.05) is 48.5 Å². The van der Waals surface area contributed by atoms with Crippen molar-refractivity contribution in [2.24, 2.45) is 0 Å². The van der Waals surface area contributed by atoms with E-state index in [4.69, 9.17) is 11.6 Å². The van der Waals surface area contributed by atoms with Gasteiger partial charge in [0.2, 0.25) is 0 Å². The van der Waals surface area contributed by atoms with E-state index in [1.54, 1.807) is 11.8 Å². The Morgan fingerprint density at radius 3 is 2.31 bits per heavy atom. The second-order valence-corrected chi connectivity index (χ2v) is 7.67. The maximum atomic E-state index is 9.72. The Labute approximate surface area is 164 Å². The Balaban J connectivity index is 1.64. The normalized spacial score (nSPS) is 12.1. The van der Waals surface area contributed by atoms with Gasteiger partial charge in [-0.1, -0.05) is 71.9 Å². The van der Waals surface area contributed by atoms with E-state index < -0.39 is 0 Å². The molecule has 3 aromatic carbocycles. The lowest BCUT2D eigenvalue weighted by molar-refractivity contribution is 0.240. The van der Waals surface area contributed by atoms with Crippen molar-refractivity contribution in [3.8, 4) is 0 Å². The minimum Gasteiger partial charge on any atom is -0.395 e. The third kappa shape index (κ3) is 5.61. The maximum Gasteiger partial charge on any atom is 0.0587 e. The number of halogens is 1. The highest BCUT2D eigenvalue weighted by Gasteiger charge is 2.10. The molecule has 0 aliphatic carbocycles. The molecule has 0 radical (unpaired) electrons. The van der Waals surface area contributed by atoms with Crippen LogP contribution in [0.15, 0.2) is 88.7 Å². The van der Waals surface area contributed by atoms with Crippen LogP contribution in [0.25, 0.3) is 0 Å². The molecule has 0 aromatic heterocycles. The summed E-state index contributed by atoms with van der Waals surface area (Å²) in [7, 11) is 0. The molecule has 0 bridgehead atoms. The Bertz CT molecular complexity index is 808. The van der Waals surface area contributed by atoms with Gasteiger partial charge in [0.05, 0.1) is 6.61 Å². The fraction of sp³-hybridized carbons (Fsp3) is 0.182. The van der Waals surface area contributed by atoms with Gasteiger partial charge in [0.1, 0.15) is 0 Å². The fourth-order valence-electron chi connectivity index (χ4n) is 2.73. The molecule has 0 heterocycles. The second-order valence-electron chi connectivity index (χ2n) is 6.11. The Morgan fingerprint density at radius 1 is 0.885 bits per heavy atom. The average molecular weight is 384 g/mol. The summed E-state index contributed by atoms with van der Waals surface area (Å²) in [6, 6.07) is 26.5. The van der Waals surface area contributed by atoms with Gasteiger partial charge in [-0.05, 0) is 47.9 Å². The van der Waals surface area contributed by atoms with Crippen molar-refractivity contribution >= 4 is 23.4 Å². The highest BCUT2D eigenvalue weighted by Crippen LogP contribution is 2.31. The molecule has 3 aromatic rings. The topological polar surface area (TPSA) is 32.3 Å². The molecule has 0 aliphatic heterocycles. The van der Waals surface area contributed by atoms with Gasteiger partial charge in [0.25, 0.3) is 0 Å². The predicted molar refractivity (Wildman–Crippen MR) is 110 cm³/mol. The Morgan fingerprint density at radius 2 is 1.58 bits per heavy atom. The maximum absolute atomic E-state index is 9.72. The molecule has 0 spiro atoms. The standard InChI is InChI=1S/C22H22ClNOS/c23-19-10-12-21(13-11-19)26-22-9-5-4-8-18(22)15-24-20(16-25)14-17-6-2-1-3-7-17/h1-13,20,24-25H,14-16H2/t20-/m0/s1. The minimum absolute atomic E-state index is 0.0333. The van der Waals surface area contributed by atoms with Crippen molar-refractivity contribution in [1.29, 1.82) is 0 Å². The van der Waals surface area contributed by atoms with E-state index in [0.717, 1.165) is 22.9 Å². The van der Waals surface area contributed by atoms with Gasteiger partial charge >= 0.3 is 0 Å². The first-order valence-corrected chi connectivity index (χ1v) is 9.83. The van der Waals surface area contributed by atoms with Crippen LogP contribution in [0.1, 0.15) is 11.1 Å². The van der Waals surface area contributed by atoms with Gasteiger partial charge in [-0.2, -0.15) is 0 Å². The third-order valence-electron chi connectivity index (χ3n) is 4.14. The van der Waals surface area contributed by atoms with Gasteiger partial charge in [0, 0.05) is 27.4 Å². The lowest BCUT2D eigenvalue weighted by Gasteiger charge is -2.18. The summed E-state index contributed by atoms with van der Waals surface area (Å²) in [5.74, 6) is 0. The number of rotatable bonds is 8. The summed E-state index contributed by atoms with van der Waals surface area (Å²) in [4.78, 5) is 2.36. The van der Waals surface area contributed by atoms with Crippen LogP contribution in [0.3, 0.4) is 0 Å². The quantitative estimate of drug-likeness (QED) is 0.561. The summed E-state index contributed by atoms with van der Waals surface area (Å²) in [6.07, 6.45) is 0.809. The SMILES string of the molecule is OC[C@H](Cc1ccccc1)NCc1ccccc1Sc1ccc(Cl)cc1. The van der Waals surface area contributed by atoms with Crippen LogP contribution in [0, 0.1) is 0 Å². The molecule has 3 rings (SSSR count). The third-order valence-corrected chi connectivity index (χ3v) is 5.52. The zero-order valence-corrected chi connectivity index (χ0v) is 16.0. The first-order valence-electron chi connectivity index (χ1n) is 8.64. The summed E-state index contributed by atoms with van der Waals surface area (Å²) < 4.78 is 0. The lowest BCUT2D eigenvalue weighted by atomic mass is 10.1. The lowest BCUT2D eigenvalue weighted by Crippen LogP contribution is -2.34. The summed E-state index contributed by atoms with van der Waals surface area (Å²) in [6.45, 7) is 0.830. The van der Waals surface area contributed by atoms with Gasteiger partial charge < -0.3 is 10.4 Å². The van der Waals surface area contributed by atoms with Crippen LogP contribution < -0.4 is 5.32 Å². The molecule has 0 aliphatic rings. The molecule has 0 fully saturated rings. The largest absolute Gasteiger partial charge is 0.395 e. The van der Waals surface area contributed by atoms with Crippen molar-refractivity contribution < 1.29 is 5.11 Å². The molecule has 0 saturated heterocycles. The van der Waals surface area contributed by atoms with Crippen LogP contribution in [0.4, 0.5) is 0 Å². The van der Waals surface area contributed by atoms with Gasteiger partial charge in [-0.25, -0.2) is 0 Å². The van der Waals surface area contributed by atoms with Crippen LogP contribution >= 0.6 is 23.4 Å². The zero-order valence-electron chi connectivity index (χ0n) is 14.4. The Kier molecular flexibility index (Phi) is 7.15. The van der Waals surface area contributed by atoms with E-state index in [9.17, 15) is 5.11 Å². The van der Waals surface area contributed by atoms with E-state index in [1.165, 1.54) is 16.0 Å². The van der Waals surface area contributed by atoms with Crippen LogP contribution in [-0.4, -0.2) is 17.8 Å². The molecular weight excluding hydrogens is 362 g/mol. The number of benzene rings is 3. The number of nitrogens with one attached hydrogen (secondary N) is 1. The number of hydrogen-bond donors (Lipinski definition) is 2. The molecule has 2 N–H and O–H groups in total. The number of aliphatic hydroxyl groups is 1. The predicted octanol–water partition coefficient (Wildman–Crippen LogP) is 5.18. The molecule has 0 saturated carbocycles. The van der Waals surface area contributed by atoms with Crippen LogP contribution in [0.5, 0.6) is 0 Å². The molecule has 0 unspecified atom stereocenters. The van der Waals surface area contributed by atoms with E-state index in [-0.39, 0.29) is 12.6 Å². The molecule has 0 amide bonds. The average Bonchev–Trinajstić information content (AvgIpc) is 2.68. The minimum atomic E-state index is 0.0333. The zero-order chi connectivity index (χ0) is 18.2. The first kappa shape index (κ1) is 19.0. The first-order chi connectivity index (χ1) is 12.7. The van der Waals surface area contributed by atoms with Gasteiger partial charge in [0.15, 0.2) is 0 Å². The van der Waals surface area contributed by atoms with Crippen molar-refractivity contribution in [2.75, 3.05) is 6.61 Å². The van der Waals surface area contributed by atoms with Crippen molar-refractivity contribution in [3.63, 3.8) is 0 Å². The fourth-order valence-corrected chi connectivity index (χ4v) is 3.80. The van der Waals surface area contributed by atoms with Gasteiger partial charge in [-0.15, -0.1) is 0 Å². The van der Waals surface area contributed by atoms with E-state index in [0.29, 0.717) is 0 Å². The molecule has 4 heteroatoms. The van der Waals surface area contributed by atoms with Crippen molar-refractivity contribution in [3.05, 3.63) is 95.0 Å². The van der Waals surface area contributed by atoms with E-state index >= 15 is 0 Å². The number of aliphatic hydroxyl groups excluding tert-OH is 1. The molecule has 26 heavy (non-hydrogen) atoms. The second kappa shape index (κ2) is 9.79. The van der Waals surface area contributed by atoms with Gasteiger partial charge in [-0.3, -0.25) is 0 Å². The van der Waals surface area contributed by atoms with Crippen molar-refractivity contribution in [2.45, 2.75) is 28.8 Å². The molecule has 2 nitrogen and oxygen atoms in total. The molecule has 134 valence electrons. The number of hydrogen-bond acceptors (Lipinski definition) is 3. The smallest absolute Gasteiger partial charge is 0.0587 e.